The van der Waals surface area contributed by atoms with E-state index in [1.54, 1.807) is 0 Å². The molecule has 2 atom stereocenters. The van der Waals surface area contributed by atoms with E-state index >= 15 is 0 Å². The second-order valence-corrected chi connectivity index (χ2v) is 2.51. The first-order chi connectivity index (χ1) is 4.70. The maximum Gasteiger partial charge on any atom is 0.0638 e. The van der Waals surface area contributed by atoms with Gasteiger partial charge in [-0.25, -0.2) is 0 Å². The third kappa shape index (κ3) is 4.30. The first-order valence-corrected chi connectivity index (χ1v) is 3.44. The lowest BCUT2D eigenvalue weighted by Gasteiger charge is -2.14. The molecule has 0 aliphatic rings. The molecule has 0 fully saturated rings. The van der Waals surface area contributed by atoms with Crippen LogP contribution in [0.25, 0.3) is 0 Å². The lowest BCUT2D eigenvalue weighted by Crippen LogP contribution is -2.36. The largest absolute Gasteiger partial charge is 0.395 e. The summed E-state index contributed by atoms with van der Waals surface area (Å²) in [7, 11) is 0. The SMILES string of the molecule is CC(CO)NC(C)CC#N. The van der Waals surface area contributed by atoms with Crippen molar-refractivity contribution in [3.8, 4) is 6.07 Å². The summed E-state index contributed by atoms with van der Waals surface area (Å²) in [6.07, 6.45) is 0.490. The van der Waals surface area contributed by atoms with Gasteiger partial charge in [-0.05, 0) is 13.8 Å². The Kier molecular flexibility index (Phi) is 4.91. The Balaban J connectivity index is 3.38. The molecule has 0 amide bonds. The molecule has 0 saturated carbocycles. The highest BCUT2D eigenvalue weighted by Crippen LogP contribution is 1.90. The van der Waals surface area contributed by atoms with Crippen LogP contribution < -0.4 is 5.32 Å². The van der Waals surface area contributed by atoms with Gasteiger partial charge in [-0.3, -0.25) is 0 Å². The second-order valence-electron chi connectivity index (χ2n) is 2.51. The number of nitriles is 1. The molecular weight excluding hydrogens is 128 g/mol. The molecular formula is C7H14N2O. The van der Waals surface area contributed by atoms with Gasteiger partial charge >= 0.3 is 0 Å². The van der Waals surface area contributed by atoms with E-state index < -0.39 is 0 Å². The van der Waals surface area contributed by atoms with Gasteiger partial charge in [-0.2, -0.15) is 5.26 Å². The molecule has 0 aliphatic heterocycles. The highest BCUT2D eigenvalue weighted by molar-refractivity contribution is 4.78. The standard InChI is InChI=1S/C7H14N2O/c1-6(3-4-8)9-7(2)5-10/h6-7,9-10H,3,5H2,1-2H3. The van der Waals surface area contributed by atoms with Crippen molar-refractivity contribution >= 4 is 0 Å². The highest BCUT2D eigenvalue weighted by Gasteiger charge is 2.03. The van der Waals surface area contributed by atoms with Crippen molar-refractivity contribution in [2.45, 2.75) is 32.4 Å². The van der Waals surface area contributed by atoms with Crippen LogP contribution in [0.5, 0.6) is 0 Å². The fourth-order valence-corrected chi connectivity index (χ4v) is 0.734. The fourth-order valence-electron chi connectivity index (χ4n) is 0.734. The Labute approximate surface area is 61.7 Å². The topological polar surface area (TPSA) is 56.0 Å². The van der Waals surface area contributed by atoms with Crippen LogP contribution in [0.2, 0.25) is 0 Å². The normalized spacial score (nSPS) is 15.8. The summed E-state index contributed by atoms with van der Waals surface area (Å²) in [5.41, 5.74) is 0. The molecule has 0 radical (unpaired) electrons. The van der Waals surface area contributed by atoms with Gasteiger partial charge in [0.1, 0.15) is 0 Å². The van der Waals surface area contributed by atoms with Crippen LogP contribution in [-0.2, 0) is 0 Å². The zero-order chi connectivity index (χ0) is 7.98. The maximum absolute atomic E-state index is 8.61. The molecule has 0 aliphatic carbocycles. The van der Waals surface area contributed by atoms with E-state index in [1.165, 1.54) is 0 Å². The van der Waals surface area contributed by atoms with Gasteiger partial charge < -0.3 is 10.4 Å². The van der Waals surface area contributed by atoms with Crippen molar-refractivity contribution < 1.29 is 5.11 Å². The highest BCUT2D eigenvalue weighted by atomic mass is 16.3. The number of aliphatic hydroxyl groups excluding tert-OH is 1. The molecule has 0 rings (SSSR count). The van der Waals surface area contributed by atoms with Crippen LogP contribution in [0, 0.1) is 11.3 Å². The van der Waals surface area contributed by atoms with Gasteiger partial charge in [0, 0.05) is 12.1 Å². The van der Waals surface area contributed by atoms with Crippen molar-refractivity contribution in [2.24, 2.45) is 0 Å². The van der Waals surface area contributed by atoms with E-state index in [-0.39, 0.29) is 18.7 Å². The minimum atomic E-state index is 0.0864. The summed E-state index contributed by atoms with van der Waals surface area (Å²) in [5, 5.41) is 19.9. The summed E-state index contributed by atoms with van der Waals surface area (Å²) >= 11 is 0. The third-order valence-electron chi connectivity index (χ3n) is 1.24. The molecule has 3 nitrogen and oxygen atoms in total. The number of nitrogens with one attached hydrogen (secondary N) is 1. The molecule has 0 bridgehead atoms. The summed E-state index contributed by atoms with van der Waals surface area (Å²) in [5.74, 6) is 0. The molecule has 0 heterocycles. The number of hydrogen-bond donors (Lipinski definition) is 2. The summed E-state index contributed by atoms with van der Waals surface area (Å²) in [6.45, 7) is 3.93. The van der Waals surface area contributed by atoms with Crippen LogP contribution in [0.3, 0.4) is 0 Å². The van der Waals surface area contributed by atoms with Crippen LogP contribution in [-0.4, -0.2) is 23.8 Å². The van der Waals surface area contributed by atoms with Crippen LogP contribution >= 0.6 is 0 Å². The summed E-state index contributed by atoms with van der Waals surface area (Å²) in [4.78, 5) is 0. The average molecular weight is 142 g/mol. The average Bonchev–Trinajstić information content (AvgIpc) is 1.88. The molecule has 3 heteroatoms. The molecule has 10 heavy (non-hydrogen) atoms. The van der Waals surface area contributed by atoms with Crippen molar-refractivity contribution in [1.82, 2.24) is 5.32 Å². The monoisotopic (exact) mass is 142 g/mol. The smallest absolute Gasteiger partial charge is 0.0638 e. The van der Waals surface area contributed by atoms with Gasteiger partial charge in [0.05, 0.1) is 19.1 Å². The van der Waals surface area contributed by atoms with E-state index in [2.05, 4.69) is 11.4 Å². The molecule has 2 unspecified atom stereocenters. The number of aliphatic hydroxyl groups is 1. The molecule has 58 valence electrons. The van der Waals surface area contributed by atoms with Gasteiger partial charge in [0.25, 0.3) is 0 Å². The van der Waals surface area contributed by atoms with Gasteiger partial charge in [-0.1, -0.05) is 0 Å². The lowest BCUT2D eigenvalue weighted by atomic mass is 10.2. The van der Waals surface area contributed by atoms with Crippen LogP contribution in [0.1, 0.15) is 20.3 Å². The molecule has 0 aromatic heterocycles. The minimum absolute atomic E-state index is 0.0864. The van der Waals surface area contributed by atoms with Gasteiger partial charge in [0.2, 0.25) is 0 Å². The van der Waals surface area contributed by atoms with E-state index in [1.807, 2.05) is 13.8 Å². The first-order valence-electron chi connectivity index (χ1n) is 3.44. The van der Waals surface area contributed by atoms with Crippen molar-refractivity contribution in [3.05, 3.63) is 0 Å². The lowest BCUT2D eigenvalue weighted by molar-refractivity contribution is 0.243. The number of hydrogen-bond acceptors (Lipinski definition) is 3. The molecule has 2 N–H and O–H groups in total. The van der Waals surface area contributed by atoms with Gasteiger partial charge in [-0.15, -0.1) is 0 Å². The Bertz CT molecular complexity index is 119. The number of rotatable bonds is 4. The summed E-state index contributed by atoms with van der Waals surface area (Å²) < 4.78 is 0. The van der Waals surface area contributed by atoms with E-state index in [0.29, 0.717) is 6.42 Å². The van der Waals surface area contributed by atoms with E-state index in [9.17, 15) is 0 Å². The maximum atomic E-state index is 8.61. The fraction of sp³-hybridized carbons (Fsp3) is 0.857. The molecule has 0 spiro atoms. The molecule has 0 saturated heterocycles. The van der Waals surface area contributed by atoms with Crippen LogP contribution in [0.4, 0.5) is 0 Å². The summed E-state index contributed by atoms with van der Waals surface area (Å²) in [6, 6.07) is 2.31. The second kappa shape index (κ2) is 5.21. The minimum Gasteiger partial charge on any atom is -0.395 e. The van der Waals surface area contributed by atoms with Gasteiger partial charge in [0.15, 0.2) is 0 Å². The predicted molar refractivity (Wildman–Crippen MR) is 39.4 cm³/mol. The van der Waals surface area contributed by atoms with Crippen molar-refractivity contribution in [1.29, 1.82) is 5.26 Å². The van der Waals surface area contributed by atoms with Crippen molar-refractivity contribution in [3.63, 3.8) is 0 Å². The Hall–Kier alpha value is -0.590. The van der Waals surface area contributed by atoms with Crippen molar-refractivity contribution in [2.75, 3.05) is 6.61 Å². The predicted octanol–water partition coefficient (Wildman–Crippen LogP) is 0.259. The quantitative estimate of drug-likeness (QED) is 0.592. The Morgan fingerprint density at radius 2 is 2.10 bits per heavy atom. The van der Waals surface area contributed by atoms with E-state index in [4.69, 9.17) is 10.4 Å². The van der Waals surface area contributed by atoms with E-state index in [0.717, 1.165) is 0 Å². The Morgan fingerprint density at radius 3 is 2.50 bits per heavy atom. The molecule has 0 aromatic carbocycles. The number of nitrogens with zero attached hydrogens (tertiary/aromatic N) is 1. The third-order valence-corrected chi connectivity index (χ3v) is 1.24. The molecule has 0 aromatic rings. The first kappa shape index (κ1) is 9.41. The van der Waals surface area contributed by atoms with Crippen LogP contribution in [0.15, 0.2) is 0 Å². The Morgan fingerprint density at radius 1 is 1.50 bits per heavy atom. The zero-order valence-electron chi connectivity index (χ0n) is 6.46. The zero-order valence-corrected chi connectivity index (χ0v) is 6.46.